The van der Waals surface area contributed by atoms with Crippen molar-refractivity contribution >= 4 is 17.3 Å². The number of rotatable bonds is 6. The Morgan fingerprint density at radius 1 is 1.28 bits per heavy atom. The zero-order chi connectivity index (χ0) is 20.4. The average Bonchev–Trinajstić information content (AvgIpc) is 3.23. The number of carbonyl (C=O) groups excluding carboxylic acids is 1. The monoisotopic (exact) mass is 392 g/mol. The quantitative estimate of drug-likeness (QED) is 0.235. The van der Waals surface area contributed by atoms with E-state index in [1.54, 1.807) is 18.2 Å². The standard InChI is InChI=1S/C23H24N2O4/c1-2-3-12-29-23(26)16-10-11-21-20(14-16)18-8-5-9-19(18)22(24-21)15-6-4-7-17(13-15)25(27)28/h4-8,10-11,13-14,18-19,22,24H,2-3,9,12H2,1H3/t18-,19+,22+/m0/s1. The van der Waals surface area contributed by atoms with Gasteiger partial charge < -0.3 is 10.1 Å². The van der Waals surface area contributed by atoms with Gasteiger partial charge in [0.15, 0.2) is 0 Å². The topological polar surface area (TPSA) is 81.5 Å². The second-order valence-corrected chi connectivity index (χ2v) is 7.62. The molecule has 0 saturated heterocycles. The van der Waals surface area contributed by atoms with Gasteiger partial charge in [-0.05, 0) is 48.1 Å². The highest BCUT2D eigenvalue weighted by Gasteiger charge is 2.38. The summed E-state index contributed by atoms with van der Waals surface area (Å²) in [6.07, 6.45) is 7.06. The van der Waals surface area contributed by atoms with Crippen molar-refractivity contribution in [3.05, 3.63) is 81.4 Å². The molecule has 0 radical (unpaired) electrons. The summed E-state index contributed by atoms with van der Waals surface area (Å²) in [7, 11) is 0. The first-order valence-corrected chi connectivity index (χ1v) is 10.1. The Kier molecular flexibility index (Phi) is 5.34. The lowest BCUT2D eigenvalue weighted by molar-refractivity contribution is -0.384. The van der Waals surface area contributed by atoms with Crippen molar-refractivity contribution in [2.75, 3.05) is 11.9 Å². The van der Waals surface area contributed by atoms with Crippen LogP contribution >= 0.6 is 0 Å². The molecule has 29 heavy (non-hydrogen) atoms. The van der Waals surface area contributed by atoms with E-state index in [4.69, 9.17) is 4.74 Å². The normalized spacial score (nSPS) is 21.8. The molecule has 0 spiro atoms. The lowest BCUT2D eigenvalue weighted by atomic mass is 9.76. The molecule has 1 aliphatic carbocycles. The van der Waals surface area contributed by atoms with Crippen LogP contribution in [-0.4, -0.2) is 17.5 Å². The van der Waals surface area contributed by atoms with Crippen LogP contribution in [0.15, 0.2) is 54.6 Å². The highest BCUT2D eigenvalue weighted by molar-refractivity contribution is 5.90. The van der Waals surface area contributed by atoms with Gasteiger partial charge in [0.05, 0.1) is 23.1 Å². The molecule has 0 saturated carbocycles. The van der Waals surface area contributed by atoms with Crippen LogP contribution in [0, 0.1) is 16.0 Å². The molecule has 1 heterocycles. The van der Waals surface area contributed by atoms with Crippen LogP contribution in [0.2, 0.25) is 0 Å². The van der Waals surface area contributed by atoms with E-state index in [2.05, 4.69) is 24.4 Å². The second-order valence-electron chi connectivity index (χ2n) is 7.62. The average molecular weight is 392 g/mol. The summed E-state index contributed by atoms with van der Waals surface area (Å²) >= 11 is 0. The third-order valence-electron chi connectivity index (χ3n) is 5.77. The van der Waals surface area contributed by atoms with E-state index in [0.29, 0.717) is 12.2 Å². The minimum atomic E-state index is -0.360. The first-order chi connectivity index (χ1) is 14.1. The number of unbranched alkanes of at least 4 members (excludes halogenated alkanes) is 1. The Morgan fingerprint density at radius 2 is 2.14 bits per heavy atom. The number of ether oxygens (including phenoxy) is 1. The molecule has 0 unspecified atom stereocenters. The highest BCUT2D eigenvalue weighted by Crippen LogP contribution is 2.50. The van der Waals surface area contributed by atoms with E-state index in [9.17, 15) is 14.9 Å². The van der Waals surface area contributed by atoms with E-state index in [-0.39, 0.29) is 34.5 Å². The van der Waals surface area contributed by atoms with Gasteiger partial charge in [-0.1, -0.05) is 37.6 Å². The number of nitro benzene ring substituents is 1. The van der Waals surface area contributed by atoms with Crippen molar-refractivity contribution in [3.63, 3.8) is 0 Å². The number of fused-ring (bicyclic) bond motifs is 3. The predicted molar refractivity (Wildman–Crippen MR) is 111 cm³/mol. The van der Waals surface area contributed by atoms with Gasteiger partial charge in [-0.15, -0.1) is 0 Å². The van der Waals surface area contributed by atoms with Crippen molar-refractivity contribution in [2.45, 2.75) is 38.1 Å². The number of hydrogen-bond donors (Lipinski definition) is 1. The number of allylic oxidation sites excluding steroid dienone is 2. The van der Waals surface area contributed by atoms with Gasteiger partial charge in [0.2, 0.25) is 0 Å². The molecule has 0 fully saturated rings. The fourth-order valence-electron chi connectivity index (χ4n) is 4.28. The van der Waals surface area contributed by atoms with Gasteiger partial charge in [-0.3, -0.25) is 10.1 Å². The number of nitrogens with zero attached hydrogens (tertiary/aromatic N) is 1. The van der Waals surface area contributed by atoms with E-state index < -0.39 is 0 Å². The van der Waals surface area contributed by atoms with Crippen LogP contribution in [0.4, 0.5) is 11.4 Å². The van der Waals surface area contributed by atoms with Gasteiger partial charge in [-0.25, -0.2) is 4.79 Å². The van der Waals surface area contributed by atoms with Gasteiger partial charge in [0.25, 0.3) is 5.69 Å². The Labute approximate surface area is 169 Å². The fraction of sp³-hybridized carbons (Fsp3) is 0.348. The van der Waals surface area contributed by atoms with Crippen molar-refractivity contribution < 1.29 is 14.5 Å². The molecule has 4 rings (SSSR count). The molecule has 3 atom stereocenters. The minimum Gasteiger partial charge on any atom is -0.462 e. The molecule has 1 N–H and O–H groups in total. The first kappa shape index (κ1) is 19.2. The molecule has 0 amide bonds. The minimum absolute atomic E-state index is 0.0234. The number of benzene rings is 2. The van der Waals surface area contributed by atoms with Crippen LogP contribution in [0.3, 0.4) is 0 Å². The Balaban J connectivity index is 1.63. The molecule has 6 nitrogen and oxygen atoms in total. The van der Waals surface area contributed by atoms with E-state index in [0.717, 1.165) is 36.1 Å². The van der Waals surface area contributed by atoms with Crippen LogP contribution < -0.4 is 5.32 Å². The molecule has 2 aromatic rings. The van der Waals surface area contributed by atoms with Crippen molar-refractivity contribution in [3.8, 4) is 0 Å². The largest absolute Gasteiger partial charge is 0.462 e. The maximum Gasteiger partial charge on any atom is 0.338 e. The maximum absolute atomic E-state index is 12.4. The molecular weight excluding hydrogens is 368 g/mol. The molecule has 2 aliphatic rings. The summed E-state index contributed by atoms with van der Waals surface area (Å²) in [6.45, 7) is 2.49. The van der Waals surface area contributed by atoms with Crippen LogP contribution in [0.25, 0.3) is 0 Å². The van der Waals surface area contributed by atoms with Gasteiger partial charge in [-0.2, -0.15) is 0 Å². The number of nitro groups is 1. The van der Waals surface area contributed by atoms with Gasteiger partial charge in [0, 0.05) is 23.7 Å². The Morgan fingerprint density at radius 3 is 2.93 bits per heavy atom. The number of carbonyl (C=O) groups is 1. The highest BCUT2D eigenvalue weighted by atomic mass is 16.6. The van der Waals surface area contributed by atoms with Crippen LogP contribution in [0.1, 0.15) is 59.6 Å². The Hall–Kier alpha value is -3.15. The zero-order valence-electron chi connectivity index (χ0n) is 16.3. The third kappa shape index (κ3) is 3.75. The summed E-state index contributed by atoms with van der Waals surface area (Å²) in [6, 6.07) is 12.4. The summed E-state index contributed by atoms with van der Waals surface area (Å²) in [5, 5.41) is 14.7. The van der Waals surface area contributed by atoms with Gasteiger partial charge in [0.1, 0.15) is 0 Å². The predicted octanol–water partition coefficient (Wildman–Crippen LogP) is 5.38. The smallest absolute Gasteiger partial charge is 0.338 e. The second kappa shape index (κ2) is 8.07. The van der Waals surface area contributed by atoms with Crippen LogP contribution in [0.5, 0.6) is 0 Å². The number of non-ortho nitro benzene ring substituents is 1. The van der Waals surface area contributed by atoms with E-state index in [1.165, 1.54) is 6.07 Å². The summed E-state index contributed by atoms with van der Waals surface area (Å²) < 4.78 is 5.36. The first-order valence-electron chi connectivity index (χ1n) is 10.1. The zero-order valence-corrected chi connectivity index (χ0v) is 16.3. The number of anilines is 1. The molecule has 0 aromatic heterocycles. The van der Waals surface area contributed by atoms with Crippen LogP contribution in [-0.2, 0) is 4.74 Å². The van der Waals surface area contributed by atoms with Crippen molar-refractivity contribution in [1.82, 2.24) is 0 Å². The molecule has 6 heteroatoms. The number of nitrogens with one attached hydrogen (secondary N) is 1. The summed E-state index contributed by atoms with van der Waals surface area (Å²) in [4.78, 5) is 23.2. The SMILES string of the molecule is CCCCOC(=O)c1ccc2c(c1)[C@H]1C=CC[C@H]1[C@@H](c1cccc([N+](=O)[O-])c1)N2. The van der Waals surface area contributed by atoms with E-state index in [1.807, 2.05) is 18.2 Å². The summed E-state index contributed by atoms with van der Waals surface area (Å²) in [5.41, 5.74) is 3.61. The third-order valence-corrected chi connectivity index (χ3v) is 5.77. The molecule has 150 valence electrons. The van der Waals surface area contributed by atoms with Crippen molar-refractivity contribution in [1.29, 1.82) is 0 Å². The van der Waals surface area contributed by atoms with Crippen molar-refractivity contribution in [2.24, 2.45) is 5.92 Å². The molecule has 0 bridgehead atoms. The lowest BCUT2D eigenvalue weighted by Crippen LogP contribution is -2.29. The molecule has 1 aliphatic heterocycles. The lowest BCUT2D eigenvalue weighted by Gasteiger charge is -2.37. The molecular formula is C23H24N2O4. The Bertz CT molecular complexity index is 969. The molecule has 2 aromatic carbocycles. The van der Waals surface area contributed by atoms with Gasteiger partial charge >= 0.3 is 5.97 Å². The fourth-order valence-corrected chi connectivity index (χ4v) is 4.28. The number of esters is 1. The summed E-state index contributed by atoms with van der Waals surface area (Å²) in [5.74, 6) is 0.121. The maximum atomic E-state index is 12.4. The number of hydrogen-bond acceptors (Lipinski definition) is 5. The van der Waals surface area contributed by atoms with E-state index >= 15 is 0 Å².